The number of hydrogen-bond acceptors (Lipinski definition) is 4. The monoisotopic (exact) mass is 391 g/mol. The van der Waals surface area contributed by atoms with Gasteiger partial charge in [0.1, 0.15) is 0 Å². The summed E-state index contributed by atoms with van der Waals surface area (Å²) in [6.07, 6.45) is 1.01. The number of aliphatic carboxylic acids is 1. The molecule has 0 bridgehead atoms. The number of halogens is 1. The van der Waals surface area contributed by atoms with Crippen LogP contribution in [0.2, 0.25) is 0 Å². The van der Waals surface area contributed by atoms with E-state index in [0.717, 1.165) is 8.66 Å². The first-order valence-corrected chi connectivity index (χ1v) is 8.87. The lowest BCUT2D eigenvalue weighted by molar-refractivity contribution is -0.143. The van der Waals surface area contributed by atoms with E-state index in [-0.39, 0.29) is 12.5 Å². The van der Waals surface area contributed by atoms with Crippen molar-refractivity contribution in [3.05, 3.63) is 20.8 Å². The SMILES string of the molecule is CCOCCCN(CC(C)C(=O)O)C(=O)Cc1ccc(Br)s1. The summed E-state index contributed by atoms with van der Waals surface area (Å²) < 4.78 is 6.26. The van der Waals surface area contributed by atoms with Crippen molar-refractivity contribution >= 4 is 39.1 Å². The van der Waals surface area contributed by atoms with Gasteiger partial charge in [-0.1, -0.05) is 6.92 Å². The summed E-state index contributed by atoms with van der Waals surface area (Å²) in [4.78, 5) is 26.1. The summed E-state index contributed by atoms with van der Waals surface area (Å²) in [7, 11) is 0. The molecule has 1 aromatic rings. The summed E-state index contributed by atoms with van der Waals surface area (Å²) in [5.74, 6) is -1.51. The van der Waals surface area contributed by atoms with Gasteiger partial charge >= 0.3 is 5.97 Å². The normalized spacial score (nSPS) is 12.1. The molecule has 124 valence electrons. The second kappa shape index (κ2) is 9.97. The van der Waals surface area contributed by atoms with E-state index in [1.807, 2.05) is 19.1 Å². The van der Waals surface area contributed by atoms with E-state index in [1.165, 1.54) is 11.3 Å². The van der Waals surface area contributed by atoms with Crippen molar-refractivity contribution in [3.8, 4) is 0 Å². The summed E-state index contributed by atoms with van der Waals surface area (Å²) in [5, 5.41) is 9.05. The van der Waals surface area contributed by atoms with Crippen LogP contribution in [-0.2, 0) is 20.7 Å². The average molecular weight is 392 g/mol. The standard InChI is InChI=1S/C15H22BrNO4S/c1-3-21-8-4-7-17(10-11(2)15(19)20)14(18)9-12-5-6-13(16)22-12/h5-6,11H,3-4,7-10H2,1-2H3,(H,19,20). The first-order valence-electron chi connectivity index (χ1n) is 7.26. The highest BCUT2D eigenvalue weighted by Gasteiger charge is 2.20. The number of carbonyl (C=O) groups excluding carboxylic acids is 1. The van der Waals surface area contributed by atoms with Crippen LogP contribution in [0.1, 0.15) is 25.1 Å². The quantitative estimate of drug-likeness (QED) is 0.622. The summed E-state index contributed by atoms with van der Waals surface area (Å²) in [5.41, 5.74) is 0. The van der Waals surface area contributed by atoms with E-state index in [4.69, 9.17) is 9.84 Å². The molecule has 0 aromatic carbocycles. The smallest absolute Gasteiger partial charge is 0.308 e. The predicted octanol–water partition coefficient (Wildman–Crippen LogP) is 3.03. The van der Waals surface area contributed by atoms with Crippen LogP contribution in [-0.4, -0.2) is 48.2 Å². The number of hydrogen-bond donors (Lipinski definition) is 1. The molecule has 1 heterocycles. The van der Waals surface area contributed by atoms with Gasteiger partial charge in [0.15, 0.2) is 0 Å². The Labute approximate surface area is 143 Å². The zero-order valence-corrected chi connectivity index (χ0v) is 15.3. The van der Waals surface area contributed by atoms with Crippen molar-refractivity contribution in [2.24, 2.45) is 5.92 Å². The molecular weight excluding hydrogens is 370 g/mol. The van der Waals surface area contributed by atoms with Gasteiger partial charge in [-0.25, -0.2) is 0 Å². The van der Waals surface area contributed by atoms with Gasteiger partial charge in [0.2, 0.25) is 5.91 Å². The van der Waals surface area contributed by atoms with Gasteiger partial charge in [-0.05, 0) is 41.4 Å². The van der Waals surface area contributed by atoms with Crippen molar-refractivity contribution < 1.29 is 19.4 Å². The Balaban J connectivity index is 2.61. The molecular formula is C15H22BrNO4S. The Kier molecular flexibility index (Phi) is 8.67. The minimum atomic E-state index is -0.888. The van der Waals surface area contributed by atoms with Gasteiger partial charge < -0.3 is 14.7 Å². The van der Waals surface area contributed by atoms with Crippen LogP contribution in [0.15, 0.2) is 15.9 Å². The first kappa shape index (κ1) is 19.1. The third-order valence-electron chi connectivity index (χ3n) is 3.14. The molecule has 1 aromatic heterocycles. The van der Waals surface area contributed by atoms with Gasteiger partial charge in [-0.15, -0.1) is 11.3 Å². The first-order chi connectivity index (χ1) is 10.4. The Morgan fingerprint density at radius 1 is 1.45 bits per heavy atom. The van der Waals surface area contributed by atoms with Crippen molar-refractivity contribution in [2.75, 3.05) is 26.3 Å². The number of carboxylic acid groups (broad SMARTS) is 1. The molecule has 0 saturated heterocycles. The highest BCUT2D eigenvalue weighted by molar-refractivity contribution is 9.11. The fourth-order valence-electron chi connectivity index (χ4n) is 1.94. The minimum Gasteiger partial charge on any atom is -0.481 e. The largest absolute Gasteiger partial charge is 0.481 e. The molecule has 0 saturated carbocycles. The van der Waals surface area contributed by atoms with Crippen LogP contribution >= 0.6 is 27.3 Å². The molecule has 1 rings (SSSR count). The maximum atomic E-state index is 12.4. The van der Waals surface area contributed by atoms with E-state index in [1.54, 1.807) is 11.8 Å². The molecule has 0 fully saturated rings. The van der Waals surface area contributed by atoms with Crippen molar-refractivity contribution in [1.82, 2.24) is 4.90 Å². The minimum absolute atomic E-state index is 0.0426. The zero-order valence-electron chi connectivity index (χ0n) is 12.9. The fraction of sp³-hybridized carbons (Fsp3) is 0.600. The second-order valence-electron chi connectivity index (χ2n) is 5.01. The molecule has 0 radical (unpaired) electrons. The zero-order chi connectivity index (χ0) is 16.5. The lowest BCUT2D eigenvalue weighted by atomic mass is 10.1. The van der Waals surface area contributed by atoms with Crippen LogP contribution < -0.4 is 0 Å². The van der Waals surface area contributed by atoms with Crippen LogP contribution in [0.5, 0.6) is 0 Å². The highest BCUT2D eigenvalue weighted by Crippen LogP contribution is 2.23. The molecule has 0 aliphatic heterocycles. The van der Waals surface area contributed by atoms with Crippen LogP contribution in [0.3, 0.4) is 0 Å². The summed E-state index contributed by atoms with van der Waals surface area (Å²) >= 11 is 4.90. The molecule has 0 aliphatic rings. The molecule has 0 aliphatic carbocycles. The van der Waals surface area contributed by atoms with E-state index in [2.05, 4.69) is 15.9 Å². The maximum Gasteiger partial charge on any atom is 0.308 e. The lowest BCUT2D eigenvalue weighted by Gasteiger charge is -2.24. The number of carboxylic acids is 1. The number of carbonyl (C=O) groups is 2. The molecule has 1 amide bonds. The Morgan fingerprint density at radius 3 is 2.73 bits per heavy atom. The third-order valence-corrected chi connectivity index (χ3v) is 4.77. The highest BCUT2D eigenvalue weighted by atomic mass is 79.9. The fourth-order valence-corrected chi connectivity index (χ4v) is 3.41. The van der Waals surface area contributed by atoms with Gasteiger partial charge in [0.25, 0.3) is 0 Å². The van der Waals surface area contributed by atoms with Crippen molar-refractivity contribution in [3.63, 3.8) is 0 Å². The second-order valence-corrected chi connectivity index (χ2v) is 7.56. The van der Waals surface area contributed by atoms with Gasteiger partial charge in [0.05, 0.1) is 16.1 Å². The topological polar surface area (TPSA) is 66.8 Å². The number of amides is 1. The molecule has 22 heavy (non-hydrogen) atoms. The molecule has 5 nitrogen and oxygen atoms in total. The average Bonchev–Trinajstić information content (AvgIpc) is 2.86. The molecule has 7 heteroatoms. The van der Waals surface area contributed by atoms with Gasteiger partial charge in [0, 0.05) is 31.2 Å². The summed E-state index contributed by atoms with van der Waals surface area (Å²) in [6, 6.07) is 3.82. The van der Waals surface area contributed by atoms with E-state index in [9.17, 15) is 9.59 Å². The number of nitrogens with zero attached hydrogens (tertiary/aromatic N) is 1. The Morgan fingerprint density at radius 2 is 2.18 bits per heavy atom. The lowest BCUT2D eigenvalue weighted by Crippen LogP contribution is -2.38. The Bertz CT molecular complexity index is 492. The van der Waals surface area contributed by atoms with Gasteiger partial charge in [-0.3, -0.25) is 9.59 Å². The van der Waals surface area contributed by atoms with Crippen LogP contribution in [0.25, 0.3) is 0 Å². The molecule has 1 unspecified atom stereocenters. The Hall–Kier alpha value is -0.920. The number of ether oxygens (including phenoxy) is 1. The van der Waals surface area contributed by atoms with Crippen LogP contribution in [0.4, 0.5) is 0 Å². The molecule has 0 spiro atoms. The molecule has 1 N–H and O–H groups in total. The van der Waals surface area contributed by atoms with E-state index in [0.29, 0.717) is 32.6 Å². The third kappa shape index (κ3) is 6.89. The van der Waals surface area contributed by atoms with Crippen molar-refractivity contribution in [2.45, 2.75) is 26.7 Å². The maximum absolute atomic E-state index is 12.4. The van der Waals surface area contributed by atoms with E-state index < -0.39 is 11.9 Å². The number of thiophene rings is 1. The summed E-state index contributed by atoms with van der Waals surface area (Å²) in [6.45, 7) is 5.50. The van der Waals surface area contributed by atoms with E-state index >= 15 is 0 Å². The molecule has 1 atom stereocenters. The van der Waals surface area contributed by atoms with Crippen LogP contribution in [0, 0.1) is 5.92 Å². The van der Waals surface area contributed by atoms with Gasteiger partial charge in [-0.2, -0.15) is 0 Å². The van der Waals surface area contributed by atoms with Crippen molar-refractivity contribution in [1.29, 1.82) is 0 Å². The predicted molar refractivity (Wildman–Crippen MR) is 90.2 cm³/mol. The number of rotatable bonds is 10.